The lowest BCUT2D eigenvalue weighted by Gasteiger charge is -2.47. The molecule has 1 saturated heterocycles. The van der Waals surface area contributed by atoms with Gasteiger partial charge in [0.1, 0.15) is 0 Å². The first kappa shape index (κ1) is 22.8. The van der Waals surface area contributed by atoms with Crippen molar-refractivity contribution in [2.24, 2.45) is 0 Å². The first-order valence-electron chi connectivity index (χ1n) is 11.8. The average molecular weight is 440 g/mol. The van der Waals surface area contributed by atoms with Crippen LogP contribution < -0.4 is 0 Å². The van der Waals surface area contributed by atoms with E-state index in [1.807, 2.05) is 35.2 Å². The summed E-state index contributed by atoms with van der Waals surface area (Å²) < 4.78 is 0. The molecule has 0 spiro atoms. The van der Waals surface area contributed by atoms with Crippen LogP contribution in [0.3, 0.4) is 0 Å². The van der Waals surface area contributed by atoms with E-state index in [4.69, 9.17) is 5.41 Å². The lowest BCUT2D eigenvalue weighted by Crippen LogP contribution is -2.61. The number of nitrogens with zero attached hydrogens (tertiary/aromatic N) is 2. The summed E-state index contributed by atoms with van der Waals surface area (Å²) in [5, 5.41) is 9.00. The molecule has 0 unspecified atom stereocenters. The number of amides is 1. The van der Waals surface area contributed by atoms with E-state index >= 15 is 0 Å². The third-order valence-electron chi connectivity index (χ3n) is 6.58. The van der Waals surface area contributed by atoms with E-state index in [0.29, 0.717) is 18.8 Å². The molecule has 4 rings (SSSR count). The van der Waals surface area contributed by atoms with Crippen LogP contribution in [0.25, 0.3) is 0 Å². The van der Waals surface area contributed by atoms with Crippen LogP contribution in [-0.4, -0.2) is 46.7 Å². The smallest absolute Gasteiger partial charge is 0.242 e. The molecular formula is C29H33N3O. The van der Waals surface area contributed by atoms with Gasteiger partial charge in [0.15, 0.2) is 0 Å². The second-order valence-corrected chi connectivity index (χ2v) is 9.07. The van der Waals surface area contributed by atoms with E-state index in [1.54, 1.807) is 0 Å². The molecule has 170 valence electrons. The zero-order valence-electron chi connectivity index (χ0n) is 19.5. The number of rotatable bonds is 7. The highest BCUT2D eigenvalue weighted by Gasteiger charge is 2.39. The number of nitrogens with one attached hydrogen (secondary N) is 1. The SMILES string of the molecule is CC(C)N1C[C@H](C(c2ccccc2)c2ccccc2)N(C(=N)CCc2ccccc2)CC1=O. The minimum atomic E-state index is -0.00169. The van der Waals surface area contributed by atoms with E-state index in [0.717, 1.165) is 6.42 Å². The Balaban J connectivity index is 1.68. The molecule has 0 saturated carbocycles. The Bertz CT molecular complexity index is 1010. The lowest BCUT2D eigenvalue weighted by atomic mass is 9.82. The van der Waals surface area contributed by atoms with Gasteiger partial charge in [-0.2, -0.15) is 0 Å². The van der Waals surface area contributed by atoms with E-state index < -0.39 is 0 Å². The maximum Gasteiger partial charge on any atom is 0.242 e. The van der Waals surface area contributed by atoms with Crippen LogP contribution >= 0.6 is 0 Å². The fourth-order valence-corrected chi connectivity index (χ4v) is 4.84. The van der Waals surface area contributed by atoms with Gasteiger partial charge >= 0.3 is 0 Å². The van der Waals surface area contributed by atoms with Crippen molar-refractivity contribution in [1.82, 2.24) is 9.80 Å². The number of carbonyl (C=O) groups excluding carboxylic acids is 1. The Morgan fingerprint density at radius 2 is 1.39 bits per heavy atom. The number of piperazine rings is 1. The van der Waals surface area contributed by atoms with Crippen LogP contribution in [0.2, 0.25) is 0 Å². The molecule has 33 heavy (non-hydrogen) atoms. The van der Waals surface area contributed by atoms with Crippen LogP contribution in [0.1, 0.15) is 42.9 Å². The van der Waals surface area contributed by atoms with Gasteiger partial charge in [0.2, 0.25) is 5.91 Å². The minimum absolute atomic E-state index is 0.00169. The van der Waals surface area contributed by atoms with E-state index in [2.05, 4.69) is 79.4 Å². The molecule has 4 nitrogen and oxygen atoms in total. The van der Waals surface area contributed by atoms with Crippen molar-refractivity contribution in [3.05, 3.63) is 108 Å². The number of hydrogen-bond donors (Lipinski definition) is 1. The lowest BCUT2D eigenvalue weighted by molar-refractivity contribution is -0.138. The Kier molecular flexibility index (Phi) is 7.23. The summed E-state index contributed by atoms with van der Waals surface area (Å²) in [6.45, 7) is 5.02. The van der Waals surface area contributed by atoms with Crippen molar-refractivity contribution >= 4 is 11.7 Å². The van der Waals surface area contributed by atoms with Crippen LogP contribution in [0, 0.1) is 5.41 Å². The van der Waals surface area contributed by atoms with E-state index in [9.17, 15) is 4.79 Å². The molecule has 1 aliphatic rings. The summed E-state index contributed by atoms with van der Waals surface area (Å²) in [6.07, 6.45) is 1.41. The molecule has 4 heteroatoms. The summed E-state index contributed by atoms with van der Waals surface area (Å²) in [7, 11) is 0. The van der Waals surface area contributed by atoms with E-state index in [-0.39, 0.29) is 30.5 Å². The van der Waals surface area contributed by atoms with Crippen molar-refractivity contribution in [3.63, 3.8) is 0 Å². The molecule has 1 fully saturated rings. The summed E-state index contributed by atoms with van der Waals surface area (Å²) >= 11 is 0. The molecule has 0 radical (unpaired) electrons. The van der Waals surface area contributed by atoms with Gasteiger partial charge in [-0.3, -0.25) is 10.2 Å². The van der Waals surface area contributed by atoms with Crippen molar-refractivity contribution in [2.45, 2.75) is 44.7 Å². The highest BCUT2D eigenvalue weighted by atomic mass is 16.2. The quantitative estimate of drug-likeness (QED) is 0.398. The molecule has 1 amide bonds. The highest BCUT2D eigenvalue weighted by molar-refractivity contribution is 5.88. The summed E-state index contributed by atoms with van der Waals surface area (Å²) in [5.41, 5.74) is 3.65. The van der Waals surface area contributed by atoms with Crippen LogP contribution in [-0.2, 0) is 11.2 Å². The van der Waals surface area contributed by atoms with Crippen molar-refractivity contribution in [2.75, 3.05) is 13.1 Å². The fraction of sp³-hybridized carbons (Fsp3) is 0.310. The van der Waals surface area contributed by atoms with Gasteiger partial charge in [-0.05, 0) is 37.0 Å². The molecule has 1 atom stereocenters. The van der Waals surface area contributed by atoms with Gasteiger partial charge in [-0.1, -0.05) is 91.0 Å². The molecule has 3 aromatic carbocycles. The zero-order valence-corrected chi connectivity index (χ0v) is 19.5. The van der Waals surface area contributed by atoms with Gasteiger partial charge in [0, 0.05) is 24.9 Å². The number of aryl methyl sites for hydroxylation is 1. The maximum atomic E-state index is 13.1. The summed E-state index contributed by atoms with van der Waals surface area (Å²) in [4.78, 5) is 17.1. The molecule has 1 aliphatic heterocycles. The third kappa shape index (κ3) is 5.33. The van der Waals surface area contributed by atoms with Crippen LogP contribution in [0.4, 0.5) is 0 Å². The largest absolute Gasteiger partial charge is 0.346 e. The fourth-order valence-electron chi connectivity index (χ4n) is 4.84. The maximum absolute atomic E-state index is 13.1. The minimum Gasteiger partial charge on any atom is -0.346 e. The molecule has 0 aromatic heterocycles. The number of hydrogen-bond acceptors (Lipinski definition) is 2. The van der Waals surface area contributed by atoms with Gasteiger partial charge in [0.05, 0.1) is 18.4 Å². The topological polar surface area (TPSA) is 47.4 Å². The Hall–Kier alpha value is -3.40. The normalized spacial score (nSPS) is 16.5. The predicted octanol–water partition coefficient (Wildman–Crippen LogP) is 5.35. The predicted molar refractivity (Wildman–Crippen MR) is 135 cm³/mol. The standard InChI is InChI=1S/C29H33N3O/c1-22(2)31-20-26(29(24-14-8-4-9-15-24)25-16-10-5-11-17-25)32(21-28(31)33)27(30)19-18-23-12-6-3-7-13-23/h3-17,22,26,29-30H,18-21H2,1-2H3/t26-/m1/s1. The average Bonchev–Trinajstić information content (AvgIpc) is 2.85. The second-order valence-electron chi connectivity index (χ2n) is 9.07. The molecular weight excluding hydrogens is 406 g/mol. The second kappa shape index (κ2) is 10.5. The van der Waals surface area contributed by atoms with Crippen molar-refractivity contribution in [3.8, 4) is 0 Å². The van der Waals surface area contributed by atoms with Gasteiger partial charge < -0.3 is 9.80 Å². The first-order valence-corrected chi connectivity index (χ1v) is 11.8. The number of benzene rings is 3. The van der Waals surface area contributed by atoms with Crippen molar-refractivity contribution < 1.29 is 4.79 Å². The summed E-state index contributed by atoms with van der Waals surface area (Å²) in [6, 6.07) is 31.5. The van der Waals surface area contributed by atoms with Crippen molar-refractivity contribution in [1.29, 1.82) is 5.41 Å². The number of amidine groups is 1. The third-order valence-corrected chi connectivity index (χ3v) is 6.58. The van der Waals surface area contributed by atoms with Gasteiger partial charge in [-0.15, -0.1) is 0 Å². The number of carbonyl (C=O) groups is 1. The van der Waals surface area contributed by atoms with Gasteiger partial charge in [0.25, 0.3) is 0 Å². The molecule has 0 aliphatic carbocycles. The monoisotopic (exact) mass is 439 g/mol. The zero-order chi connectivity index (χ0) is 23.2. The first-order chi connectivity index (χ1) is 16.0. The Morgan fingerprint density at radius 1 is 0.879 bits per heavy atom. The highest BCUT2D eigenvalue weighted by Crippen LogP contribution is 2.34. The van der Waals surface area contributed by atoms with Gasteiger partial charge in [-0.25, -0.2) is 0 Å². The van der Waals surface area contributed by atoms with Crippen LogP contribution in [0.5, 0.6) is 0 Å². The van der Waals surface area contributed by atoms with Crippen LogP contribution in [0.15, 0.2) is 91.0 Å². The molecule has 1 heterocycles. The Morgan fingerprint density at radius 3 is 1.91 bits per heavy atom. The van der Waals surface area contributed by atoms with E-state index in [1.165, 1.54) is 16.7 Å². The molecule has 1 N–H and O–H groups in total. The Labute approximate surface area is 197 Å². The summed E-state index contributed by atoms with van der Waals surface area (Å²) in [5.74, 6) is 0.710. The molecule has 3 aromatic rings. The molecule has 0 bridgehead atoms.